The SMILES string of the molecule is O=C(N[C@@H]1CN(c2ncccn2)C[C@H]1CO)c1ccc2ncccc2c1. The predicted octanol–water partition coefficient (Wildman–Crippen LogP) is 1.25. The lowest BCUT2D eigenvalue weighted by atomic mass is 10.0. The molecule has 7 nitrogen and oxygen atoms in total. The molecule has 3 aromatic rings. The number of hydrogen-bond acceptors (Lipinski definition) is 6. The number of carbonyl (C=O) groups is 1. The zero-order chi connectivity index (χ0) is 17.9. The zero-order valence-electron chi connectivity index (χ0n) is 14.1. The minimum atomic E-state index is -0.166. The average molecular weight is 349 g/mol. The summed E-state index contributed by atoms with van der Waals surface area (Å²) in [6.45, 7) is 1.17. The average Bonchev–Trinajstić information content (AvgIpc) is 3.11. The number of aliphatic hydroxyl groups is 1. The van der Waals surface area contributed by atoms with Gasteiger partial charge in [0, 0.05) is 55.2 Å². The number of aromatic nitrogens is 3. The Bertz CT molecular complexity index is 918. The monoisotopic (exact) mass is 349 g/mol. The summed E-state index contributed by atoms with van der Waals surface area (Å²) in [5, 5.41) is 13.7. The van der Waals surface area contributed by atoms with Crippen molar-refractivity contribution in [3.8, 4) is 0 Å². The Morgan fingerprint density at radius 2 is 1.92 bits per heavy atom. The number of anilines is 1. The van der Waals surface area contributed by atoms with E-state index in [0.717, 1.165) is 10.9 Å². The molecule has 1 aliphatic heterocycles. The Labute approximate surface area is 150 Å². The second-order valence-corrected chi connectivity index (χ2v) is 6.39. The van der Waals surface area contributed by atoms with Gasteiger partial charge in [-0.25, -0.2) is 9.97 Å². The molecule has 1 fully saturated rings. The number of fused-ring (bicyclic) bond motifs is 1. The highest BCUT2D eigenvalue weighted by atomic mass is 16.3. The summed E-state index contributed by atoms with van der Waals surface area (Å²) in [6, 6.07) is 10.8. The number of aliphatic hydroxyl groups excluding tert-OH is 1. The highest BCUT2D eigenvalue weighted by molar-refractivity contribution is 5.98. The van der Waals surface area contributed by atoms with E-state index < -0.39 is 0 Å². The van der Waals surface area contributed by atoms with Gasteiger partial charge in [-0.05, 0) is 30.3 Å². The lowest BCUT2D eigenvalue weighted by molar-refractivity contribution is 0.0922. The molecular weight excluding hydrogens is 330 g/mol. The standard InChI is InChI=1S/C19H19N5O2/c25-12-15-10-24(19-21-7-2-8-22-19)11-17(15)23-18(26)14-4-5-16-13(9-14)3-1-6-20-16/h1-9,15,17,25H,10-12H2,(H,23,26)/t15-,17+/m0/s1. The number of rotatable bonds is 4. The number of amides is 1. The van der Waals surface area contributed by atoms with E-state index in [9.17, 15) is 9.90 Å². The van der Waals surface area contributed by atoms with Gasteiger partial charge in [0.05, 0.1) is 11.6 Å². The molecule has 0 saturated carbocycles. The summed E-state index contributed by atoms with van der Waals surface area (Å²) in [7, 11) is 0. The van der Waals surface area contributed by atoms with Gasteiger partial charge in [0.15, 0.2) is 0 Å². The third kappa shape index (κ3) is 3.21. The van der Waals surface area contributed by atoms with Crippen LogP contribution in [0.2, 0.25) is 0 Å². The third-order valence-electron chi connectivity index (χ3n) is 4.69. The maximum atomic E-state index is 12.7. The molecule has 0 aliphatic carbocycles. The van der Waals surface area contributed by atoms with Crippen LogP contribution in [0.5, 0.6) is 0 Å². The first-order valence-corrected chi connectivity index (χ1v) is 8.53. The summed E-state index contributed by atoms with van der Waals surface area (Å²) >= 11 is 0. The maximum Gasteiger partial charge on any atom is 0.251 e. The van der Waals surface area contributed by atoms with Gasteiger partial charge in [-0.2, -0.15) is 0 Å². The van der Waals surface area contributed by atoms with Crippen LogP contribution in [0.25, 0.3) is 10.9 Å². The van der Waals surface area contributed by atoms with Crippen LogP contribution in [0.4, 0.5) is 5.95 Å². The first-order chi connectivity index (χ1) is 12.7. The van der Waals surface area contributed by atoms with Crippen LogP contribution in [-0.2, 0) is 0 Å². The Balaban J connectivity index is 1.50. The van der Waals surface area contributed by atoms with E-state index in [-0.39, 0.29) is 24.5 Å². The van der Waals surface area contributed by atoms with Gasteiger partial charge < -0.3 is 15.3 Å². The molecule has 4 rings (SSSR count). The Hall–Kier alpha value is -3.06. The first-order valence-electron chi connectivity index (χ1n) is 8.53. The van der Waals surface area contributed by atoms with E-state index in [4.69, 9.17) is 0 Å². The summed E-state index contributed by atoms with van der Waals surface area (Å²) in [5.74, 6) is 0.388. The van der Waals surface area contributed by atoms with E-state index >= 15 is 0 Å². The van der Waals surface area contributed by atoms with Crippen LogP contribution in [0.3, 0.4) is 0 Å². The first kappa shape index (κ1) is 16.4. The minimum Gasteiger partial charge on any atom is -0.396 e. The Morgan fingerprint density at radius 3 is 2.73 bits per heavy atom. The fraction of sp³-hybridized carbons (Fsp3) is 0.263. The molecule has 0 bridgehead atoms. The van der Waals surface area contributed by atoms with Crippen LogP contribution in [0.15, 0.2) is 55.0 Å². The zero-order valence-corrected chi connectivity index (χ0v) is 14.1. The lowest BCUT2D eigenvalue weighted by Crippen LogP contribution is -2.41. The smallest absolute Gasteiger partial charge is 0.251 e. The van der Waals surface area contributed by atoms with Gasteiger partial charge >= 0.3 is 0 Å². The molecule has 0 unspecified atom stereocenters. The highest BCUT2D eigenvalue weighted by Crippen LogP contribution is 2.21. The van der Waals surface area contributed by atoms with E-state index in [2.05, 4.69) is 20.3 Å². The Kier molecular flexibility index (Phi) is 4.45. The van der Waals surface area contributed by atoms with Crippen LogP contribution in [0, 0.1) is 5.92 Å². The van der Waals surface area contributed by atoms with Crippen molar-refractivity contribution in [3.63, 3.8) is 0 Å². The molecular formula is C19H19N5O2. The molecule has 0 radical (unpaired) electrons. The largest absolute Gasteiger partial charge is 0.396 e. The molecule has 2 N–H and O–H groups in total. The molecule has 3 heterocycles. The van der Waals surface area contributed by atoms with Gasteiger partial charge in [0.2, 0.25) is 5.95 Å². The molecule has 1 aliphatic rings. The van der Waals surface area contributed by atoms with E-state index in [0.29, 0.717) is 24.6 Å². The van der Waals surface area contributed by atoms with E-state index in [1.807, 2.05) is 29.2 Å². The molecule has 132 valence electrons. The van der Waals surface area contributed by atoms with Crippen molar-refractivity contribution in [2.45, 2.75) is 6.04 Å². The quantitative estimate of drug-likeness (QED) is 0.737. The summed E-state index contributed by atoms with van der Waals surface area (Å²) in [5.41, 5.74) is 1.43. The maximum absolute atomic E-state index is 12.7. The van der Waals surface area contributed by atoms with Crippen molar-refractivity contribution in [2.24, 2.45) is 5.92 Å². The van der Waals surface area contributed by atoms with E-state index in [1.165, 1.54) is 0 Å². The molecule has 1 saturated heterocycles. The summed E-state index contributed by atoms with van der Waals surface area (Å²) < 4.78 is 0. The van der Waals surface area contributed by atoms with Gasteiger partial charge in [-0.15, -0.1) is 0 Å². The molecule has 1 aromatic carbocycles. The van der Waals surface area contributed by atoms with Crippen LogP contribution < -0.4 is 10.2 Å². The summed E-state index contributed by atoms with van der Waals surface area (Å²) in [6.07, 6.45) is 5.10. The summed E-state index contributed by atoms with van der Waals surface area (Å²) in [4.78, 5) is 27.4. The van der Waals surface area contributed by atoms with Crippen LogP contribution in [0.1, 0.15) is 10.4 Å². The molecule has 2 atom stereocenters. The lowest BCUT2D eigenvalue weighted by Gasteiger charge is -2.18. The van der Waals surface area contributed by atoms with Gasteiger partial charge in [0.25, 0.3) is 5.91 Å². The van der Waals surface area contributed by atoms with Crippen LogP contribution in [-0.4, -0.2) is 51.7 Å². The van der Waals surface area contributed by atoms with Crippen LogP contribution >= 0.6 is 0 Å². The van der Waals surface area contributed by atoms with Crippen molar-refractivity contribution in [3.05, 3.63) is 60.6 Å². The second-order valence-electron chi connectivity index (χ2n) is 6.39. The van der Waals surface area contributed by atoms with Crippen molar-refractivity contribution in [1.82, 2.24) is 20.3 Å². The molecule has 0 spiro atoms. The second kappa shape index (κ2) is 7.05. The minimum absolute atomic E-state index is 0.00405. The number of carbonyl (C=O) groups excluding carboxylic acids is 1. The third-order valence-corrected chi connectivity index (χ3v) is 4.69. The number of pyridine rings is 1. The highest BCUT2D eigenvalue weighted by Gasteiger charge is 2.34. The van der Waals surface area contributed by atoms with Crippen molar-refractivity contribution < 1.29 is 9.90 Å². The topological polar surface area (TPSA) is 91.2 Å². The molecule has 26 heavy (non-hydrogen) atoms. The van der Waals surface area contributed by atoms with Crippen molar-refractivity contribution in [2.75, 3.05) is 24.6 Å². The molecule has 2 aromatic heterocycles. The number of nitrogens with zero attached hydrogens (tertiary/aromatic N) is 4. The normalized spacial score (nSPS) is 19.7. The molecule has 1 amide bonds. The predicted molar refractivity (Wildman–Crippen MR) is 97.8 cm³/mol. The molecule has 7 heteroatoms. The van der Waals surface area contributed by atoms with Gasteiger partial charge in [-0.3, -0.25) is 9.78 Å². The fourth-order valence-electron chi connectivity index (χ4n) is 3.31. The fourth-order valence-corrected chi connectivity index (χ4v) is 3.31. The Morgan fingerprint density at radius 1 is 1.12 bits per heavy atom. The number of benzene rings is 1. The number of nitrogens with one attached hydrogen (secondary N) is 1. The number of hydrogen-bond donors (Lipinski definition) is 2. The van der Waals surface area contributed by atoms with Crippen molar-refractivity contribution >= 4 is 22.8 Å². The van der Waals surface area contributed by atoms with E-state index in [1.54, 1.807) is 30.7 Å². The van der Waals surface area contributed by atoms with Gasteiger partial charge in [-0.1, -0.05) is 6.07 Å². The van der Waals surface area contributed by atoms with Gasteiger partial charge in [0.1, 0.15) is 0 Å². The van der Waals surface area contributed by atoms with Crippen molar-refractivity contribution in [1.29, 1.82) is 0 Å².